The average molecular weight is 247 g/mol. The van der Waals surface area contributed by atoms with Crippen molar-refractivity contribution in [3.8, 4) is 5.75 Å². The van der Waals surface area contributed by atoms with Crippen LogP contribution in [0.15, 0.2) is 24.3 Å². The zero-order chi connectivity index (χ0) is 12.4. The fourth-order valence-corrected chi connectivity index (χ4v) is 2.92. The molecule has 0 aliphatic carbocycles. The van der Waals surface area contributed by atoms with E-state index in [9.17, 15) is 0 Å². The molecule has 1 aromatic rings. The van der Waals surface area contributed by atoms with E-state index in [4.69, 9.17) is 9.47 Å². The van der Waals surface area contributed by atoms with Crippen molar-refractivity contribution < 1.29 is 9.47 Å². The second-order valence-corrected chi connectivity index (χ2v) is 5.25. The third-order valence-electron chi connectivity index (χ3n) is 4.09. The van der Waals surface area contributed by atoms with Crippen LogP contribution in [0.1, 0.15) is 31.2 Å². The molecule has 1 aromatic carbocycles. The van der Waals surface area contributed by atoms with Crippen molar-refractivity contribution in [2.75, 3.05) is 19.8 Å². The summed E-state index contributed by atoms with van der Waals surface area (Å²) in [7, 11) is 0. The van der Waals surface area contributed by atoms with Gasteiger partial charge in [0.25, 0.3) is 0 Å². The van der Waals surface area contributed by atoms with Crippen LogP contribution in [-0.2, 0) is 4.74 Å². The van der Waals surface area contributed by atoms with Gasteiger partial charge >= 0.3 is 0 Å². The van der Waals surface area contributed by atoms with Gasteiger partial charge in [0.1, 0.15) is 5.75 Å². The molecule has 1 N–H and O–H groups in total. The molecule has 1 fully saturated rings. The largest absolute Gasteiger partial charge is 0.493 e. The zero-order valence-electron chi connectivity index (χ0n) is 10.9. The van der Waals surface area contributed by atoms with E-state index in [2.05, 4.69) is 30.4 Å². The van der Waals surface area contributed by atoms with Gasteiger partial charge in [0, 0.05) is 25.1 Å². The van der Waals surface area contributed by atoms with Crippen molar-refractivity contribution in [1.82, 2.24) is 5.32 Å². The molecule has 0 aromatic heterocycles. The number of rotatable bonds is 3. The lowest BCUT2D eigenvalue weighted by Crippen LogP contribution is -2.38. The fraction of sp³-hybridized carbons (Fsp3) is 0.600. The Hall–Kier alpha value is -1.06. The monoisotopic (exact) mass is 247 g/mol. The molecule has 3 nitrogen and oxygen atoms in total. The Morgan fingerprint density at radius 2 is 2.11 bits per heavy atom. The molecular weight excluding hydrogens is 226 g/mol. The highest BCUT2D eigenvalue weighted by atomic mass is 16.5. The normalized spacial score (nSPS) is 30.8. The number of benzene rings is 1. The van der Waals surface area contributed by atoms with Gasteiger partial charge in [-0.1, -0.05) is 18.2 Å². The Labute approximate surface area is 108 Å². The molecule has 0 radical (unpaired) electrons. The van der Waals surface area contributed by atoms with E-state index in [1.807, 2.05) is 6.07 Å². The van der Waals surface area contributed by atoms with E-state index in [1.165, 1.54) is 5.56 Å². The molecule has 2 heterocycles. The van der Waals surface area contributed by atoms with Gasteiger partial charge in [0.05, 0.1) is 12.7 Å². The van der Waals surface area contributed by atoms with Gasteiger partial charge in [0.15, 0.2) is 0 Å². The Bertz CT molecular complexity index is 407. The molecule has 3 unspecified atom stereocenters. The van der Waals surface area contributed by atoms with Crippen molar-refractivity contribution in [1.29, 1.82) is 0 Å². The first kappa shape index (κ1) is 12.0. The zero-order valence-corrected chi connectivity index (χ0v) is 10.9. The van der Waals surface area contributed by atoms with Gasteiger partial charge in [-0.2, -0.15) is 0 Å². The van der Waals surface area contributed by atoms with Crippen molar-refractivity contribution >= 4 is 0 Å². The molecule has 1 saturated heterocycles. The summed E-state index contributed by atoms with van der Waals surface area (Å²) in [5.74, 6) is 1.63. The highest BCUT2D eigenvalue weighted by Gasteiger charge is 2.26. The molecule has 3 heteroatoms. The smallest absolute Gasteiger partial charge is 0.122 e. The van der Waals surface area contributed by atoms with Crippen LogP contribution in [0.25, 0.3) is 0 Å². The molecule has 3 atom stereocenters. The van der Waals surface area contributed by atoms with Gasteiger partial charge in [-0.15, -0.1) is 0 Å². The predicted octanol–water partition coefficient (Wildman–Crippen LogP) is 2.32. The Morgan fingerprint density at radius 3 is 2.94 bits per heavy atom. The second-order valence-electron chi connectivity index (χ2n) is 5.25. The van der Waals surface area contributed by atoms with E-state index < -0.39 is 0 Å². The lowest BCUT2D eigenvalue weighted by Gasteiger charge is -2.27. The average Bonchev–Trinajstić information content (AvgIpc) is 2.82. The van der Waals surface area contributed by atoms with Gasteiger partial charge < -0.3 is 14.8 Å². The molecule has 18 heavy (non-hydrogen) atoms. The number of hydrogen-bond donors (Lipinski definition) is 1. The third kappa shape index (κ3) is 2.38. The van der Waals surface area contributed by atoms with Crippen molar-refractivity contribution in [2.45, 2.75) is 37.8 Å². The minimum Gasteiger partial charge on any atom is -0.493 e. The van der Waals surface area contributed by atoms with Crippen molar-refractivity contribution in [3.63, 3.8) is 0 Å². The number of nitrogens with one attached hydrogen (secondary N) is 1. The maximum Gasteiger partial charge on any atom is 0.122 e. The Kier molecular flexibility index (Phi) is 3.52. The van der Waals surface area contributed by atoms with E-state index in [0.29, 0.717) is 18.1 Å². The maximum atomic E-state index is 5.69. The van der Waals surface area contributed by atoms with E-state index in [0.717, 1.165) is 38.3 Å². The third-order valence-corrected chi connectivity index (χ3v) is 4.09. The molecule has 0 saturated carbocycles. The van der Waals surface area contributed by atoms with Crippen LogP contribution in [0.3, 0.4) is 0 Å². The van der Waals surface area contributed by atoms with Crippen LogP contribution < -0.4 is 10.1 Å². The summed E-state index contributed by atoms with van der Waals surface area (Å²) in [6.07, 6.45) is 2.58. The highest BCUT2D eigenvalue weighted by Crippen LogP contribution is 2.33. The van der Waals surface area contributed by atoms with Gasteiger partial charge in [-0.25, -0.2) is 0 Å². The van der Waals surface area contributed by atoms with Crippen LogP contribution in [0.5, 0.6) is 5.75 Å². The first-order valence-electron chi connectivity index (χ1n) is 6.91. The van der Waals surface area contributed by atoms with Crippen LogP contribution in [0.2, 0.25) is 0 Å². The first-order chi connectivity index (χ1) is 8.84. The standard InChI is InChI=1S/C15H21NO2/c1-11-14(7-9-17-11)16-10-12-6-8-18-15-5-3-2-4-13(12)15/h2-5,11-12,14,16H,6-10H2,1H3. The van der Waals surface area contributed by atoms with Gasteiger partial charge in [-0.3, -0.25) is 0 Å². The Morgan fingerprint density at radius 1 is 1.22 bits per heavy atom. The maximum absolute atomic E-state index is 5.69. The van der Waals surface area contributed by atoms with Crippen LogP contribution in [0, 0.1) is 0 Å². The molecule has 3 rings (SSSR count). The molecule has 0 bridgehead atoms. The molecule has 2 aliphatic heterocycles. The minimum atomic E-state index is 0.347. The molecule has 0 amide bonds. The van der Waals surface area contributed by atoms with Crippen molar-refractivity contribution in [3.05, 3.63) is 29.8 Å². The fourth-order valence-electron chi connectivity index (χ4n) is 2.92. The number of fused-ring (bicyclic) bond motifs is 1. The summed E-state index contributed by atoms with van der Waals surface area (Å²) in [6.45, 7) is 4.91. The van der Waals surface area contributed by atoms with E-state index in [-0.39, 0.29) is 0 Å². The van der Waals surface area contributed by atoms with Crippen molar-refractivity contribution in [2.24, 2.45) is 0 Å². The topological polar surface area (TPSA) is 30.5 Å². The summed E-state index contributed by atoms with van der Waals surface area (Å²) >= 11 is 0. The van der Waals surface area contributed by atoms with E-state index >= 15 is 0 Å². The van der Waals surface area contributed by atoms with Crippen LogP contribution in [-0.4, -0.2) is 31.9 Å². The van der Waals surface area contributed by atoms with Gasteiger partial charge in [0.2, 0.25) is 0 Å². The lowest BCUT2D eigenvalue weighted by atomic mass is 9.92. The SMILES string of the molecule is CC1OCCC1NCC1CCOc2ccccc21. The van der Waals surface area contributed by atoms with Crippen LogP contribution in [0.4, 0.5) is 0 Å². The predicted molar refractivity (Wildman–Crippen MR) is 71.1 cm³/mol. The molecule has 98 valence electrons. The molecular formula is C15H21NO2. The summed E-state index contributed by atoms with van der Waals surface area (Å²) in [6, 6.07) is 8.92. The lowest BCUT2D eigenvalue weighted by molar-refractivity contribution is 0.112. The van der Waals surface area contributed by atoms with E-state index in [1.54, 1.807) is 0 Å². The summed E-state index contributed by atoms with van der Waals surface area (Å²) in [5, 5.41) is 3.66. The number of ether oxygens (including phenoxy) is 2. The van der Waals surface area contributed by atoms with Crippen LogP contribution >= 0.6 is 0 Å². The molecule has 0 spiro atoms. The van der Waals surface area contributed by atoms with Gasteiger partial charge in [-0.05, 0) is 31.4 Å². The second kappa shape index (κ2) is 5.29. The number of hydrogen-bond acceptors (Lipinski definition) is 3. The minimum absolute atomic E-state index is 0.347. The number of para-hydroxylation sites is 1. The first-order valence-corrected chi connectivity index (χ1v) is 6.91. The summed E-state index contributed by atoms with van der Waals surface area (Å²) < 4.78 is 11.3. The highest BCUT2D eigenvalue weighted by molar-refractivity contribution is 5.37. The quantitative estimate of drug-likeness (QED) is 0.889. The summed E-state index contributed by atoms with van der Waals surface area (Å²) in [5.41, 5.74) is 1.35. The Balaban J connectivity index is 1.64. The summed E-state index contributed by atoms with van der Waals surface area (Å²) in [4.78, 5) is 0. The molecule has 2 aliphatic rings.